The first-order chi connectivity index (χ1) is 9.43. The number of ether oxygens (including phenoxy) is 1. The van der Waals surface area contributed by atoms with E-state index in [1.54, 1.807) is 10.7 Å². The molecule has 21 heavy (non-hydrogen) atoms. The molecule has 0 fully saturated rings. The fourth-order valence-corrected chi connectivity index (χ4v) is 1.29. The molecular formula is C9H13F6N3O3. The highest BCUT2D eigenvalue weighted by Crippen LogP contribution is 2.41. The average Bonchev–Trinajstić information content (AvgIpc) is 2.33. The molecule has 0 aromatic heterocycles. The van der Waals surface area contributed by atoms with E-state index in [0.29, 0.717) is 0 Å². The summed E-state index contributed by atoms with van der Waals surface area (Å²) in [6, 6.07) is -1.98. The van der Waals surface area contributed by atoms with Crippen molar-refractivity contribution in [2.75, 3.05) is 13.7 Å². The molecule has 0 aromatic rings. The van der Waals surface area contributed by atoms with Crippen molar-refractivity contribution in [3.05, 3.63) is 0 Å². The molecular weight excluding hydrogens is 312 g/mol. The molecule has 0 heterocycles. The molecule has 0 saturated heterocycles. The van der Waals surface area contributed by atoms with E-state index in [2.05, 4.69) is 4.74 Å². The van der Waals surface area contributed by atoms with Crippen molar-refractivity contribution in [3.8, 4) is 0 Å². The molecule has 0 aliphatic rings. The fraction of sp³-hybridized carbons (Fsp3) is 0.778. The number of hydrazine groups is 1. The standard InChI is InChI=1S/C9H13F6N3O3/c1-21-6(19)3-17-7(20)4(18-16)2-5(8(10,11)12)9(13,14)15/h4-5,18H,2-3,16H2,1H3,(H,17,20)/t4-/m0/s1. The van der Waals surface area contributed by atoms with E-state index in [-0.39, 0.29) is 0 Å². The number of hydrogen-bond donors (Lipinski definition) is 3. The molecule has 124 valence electrons. The maximum absolute atomic E-state index is 12.4. The second-order valence-corrected chi connectivity index (χ2v) is 3.88. The smallest absolute Gasteiger partial charge is 0.400 e. The van der Waals surface area contributed by atoms with Crippen molar-refractivity contribution in [3.63, 3.8) is 0 Å². The molecule has 0 aliphatic heterocycles. The van der Waals surface area contributed by atoms with Crippen LogP contribution in [0, 0.1) is 5.92 Å². The average molecular weight is 325 g/mol. The Kier molecular flexibility index (Phi) is 6.90. The lowest BCUT2D eigenvalue weighted by atomic mass is 9.98. The van der Waals surface area contributed by atoms with Gasteiger partial charge in [0.1, 0.15) is 12.6 Å². The van der Waals surface area contributed by atoms with Crippen LogP contribution < -0.4 is 16.6 Å². The van der Waals surface area contributed by atoms with Crippen molar-refractivity contribution in [1.82, 2.24) is 10.7 Å². The van der Waals surface area contributed by atoms with Crippen LogP contribution in [0.4, 0.5) is 26.3 Å². The molecule has 0 saturated carbocycles. The number of rotatable bonds is 6. The van der Waals surface area contributed by atoms with E-state index in [4.69, 9.17) is 5.84 Å². The van der Waals surface area contributed by atoms with Crippen LogP contribution in [0.2, 0.25) is 0 Å². The van der Waals surface area contributed by atoms with Crippen LogP contribution >= 0.6 is 0 Å². The molecule has 0 rings (SSSR count). The minimum absolute atomic E-state index is 0.712. The van der Waals surface area contributed by atoms with E-state index in [9.17, 15) is 35.9 Å². The molecule has 0 radical (unpaired) electrons. The third-order valence-corrected chi connectivity index (χ3v) is 2.41. The van der Waals surface area contributed by atoms with Gasteiger partial charge in [0.2, 0.25) is 5.91 Å². The molecule has 0 aromatic carbocycles. The van der Waals surface area contributed by atoms with Crippen molar-refractivity contribution >= 4 is 11.9 Å². The number of carbonyl (C=O) groups is 2. The van der Waals surface area contributed by atoms with Gasteiger partial charge in [-0.15, -0.1) is 0 Å². The third kappa shape index (κ3) is 6.62. The summed E-state index contributed by atoms with van der Waals surface area (Å²) in [7, 11) is 0.983. The summed E-state index contributed by atoms with van der Waals surface area (Å²) < 4.78 is 78.2. The highest BCUT2D eigenvalue weighted by atomic mass is 19.4. The van der Waals surface area contributed by atoms with Gasteiger partial charge in [-0.1, -0.05) is 0 Å². The largest absolute Gasteiger partial charge is 0.468 e. The molecule has 1 amide bonds. The highest BCUT2D eigenvalue weighted by Gasteiger charge is 2.57. The van der Waals surface area contributed by atoms with E-state index in [1.165, 1.54) is 0 Å². The number of carbonyl (C=O) groups excluding carboxylic acids is 2. The van der Waals surface area contributed by atoms with Crippen LogP contribution in [0.1, 0.15) is 6.42 Å². The number of nitrogens with one attached hydrogen (secondary N) is 2. The first kappa shape index (κ1) is 19.4. The summed E-state index contributed by atoms with van der Waals surface area (Å²) in [4.78, 5) is 22.1. The van der Waals surface area contributed by atoms with E-state index in [1.807, 2.05) is 0 Å². The number of halogens is 6. The number of alkyl halides is 6. The van der Waals surface area contributed by atoms with Crippen LogP contribution in [-0.4, -0.2) is 43.9 Å². The molecule has 0 aliphatic carbocycles. The van der Waals surface area contributed by atoms with E-state index >= 15 is 0 Å². The molecule has 1 atom stereocenters. The Balaban J connectivity index is 4.86. The normalized spacial score (nSPS) is 14.0. The Morgan fingerprint density at radius 2 is 1.62 bits per heavy atom. The molecule has 6 nitrogen and oxygen atoms in total. The summed E-state index contributed by atoms with van der Waals surface area (Å²) in [5, 5.41) is 1.80. The fourth-order valence-electron chi connectivity index (χ4n) is 1.29. The van der Waals surface area contributed by atoms with Gasteiger partial charge in [-0.05, 0) is 6.42 Å². The van der Waals surface area contributed by atoms with Gasteiger partial charge in [0, 0.05) is 0 Å². The van der Waals surface area contributed by atoms with Gasteiger partial charge < -0.3 is 10.1 Å². The maximum atomic E-state index is 12.4. The Morgan fingerprint density at radius 1 is 1.14 bits per heavy atom. The minimum atomic E-state index is -5.59. The predicted molar refractivity (Wildman–Crippen MR) is 56.4 cm³/mol. The van der Waals surface area contributed by atoms with Crippen LogP contribution in [0.3, 0.4) is 0 Å². The van der Waals surface area contributed by atoms with Crippen LogP contribution in [0.25, 0.3) is 0 Å². The molecule has 4 N–H and O–H groups in total. The van der Waals surface area contributed by atoms with Crippen molar-refractivity contribution in [1.29, 1.82) is 0 Å². The second-order valence-electron chi connectivity index (χ2n) is 3.88. The highest BCUT2D eigenvalue weighted by molar-refractivity contribution is 5.85. The SMILES string of the molecule is COC(=O)CNC(=O)[C@H](CC(C(F)(F)F)C(F)(F)F)NN. The zero-order valence-corrected chi connectivity index (χ0v) is 10.6. The van der Waals surface area contributed by atoms with Crippen molar-refractivity contribution in [2.45, 2.75) is 24.8 Å². The lowest BCUT2D eigenvalue weighted by molar-refractivity contribution is -0.286. The summed E-state index contributed by atoms with van der Waals surface area (Å²) in [6.07, 6.45) is -12.8. The Hall–Kier alpha value is -1.56. The molecule has 0 unspecified atom stereocenters. The van der Waals surface area contributed by atoms with Gasteiger partial charge in [-0.25, -0.2) is 5.43 Å². The first-order valence-electron chi connectivity index (χ1n) is 5.37. The van der Waals surface area contributed by atoms with Crippen LogP contribution in [0.5, 0.6) is 0 Å². The summed E-state index contributed by atoms with van der Waals surface area (Å²) in [5.41, 5.74) is 1.55. The Labute approximate surface area is 114 Å². The number of methoxy groups -OCH3 is 1. The topological polar surface area (TPSA) is 93.4 Å². The van der Waals surface area contributed by atoms with Gasteiger partial charge in [-0.2, -0.15) is 26.3 Å². The van der Waals surface area contributed by atoms with Gasteiger partial charge in [0.15, 0.2) is 5.92 Å². The summed E-state index contributed by atoms with van der Waals surface area (Å²) in [6.45, 7) is -0.712. The molecule has 0 spiro atoms. The number of amides is 1. The zero-order chi connectivity index (χ0) is 16.8. The lowest BCUT2D eigenvalue weighted by Crippen LogP contribution is -2.52. The first-order valence-corrected chi connectivity index (χ1v) is 5.37. The minimum Gasteiger partial charge on any atom is -0.468 e. The predicted octanol–water partition coefficient (Wildman–Crippen LogP) is 0.238. The van der Waals surface area contributed by atoms with Gasteiger partial charge >= 0.3 is 18.3 Å². The quantitative estimate of drug-likeness (QED) is 0.281. The van der Waals surface area contributed by atoms with Crippen LogP contribution in [0.15, 0.2) is 0 Å². The van der Waals surface area contributed by atoms with Crippen LogP contribution in [-0.2, 0) is 14.3 Å². The van der Waals surface area contributed by atoms with Gasteiger partial charge in [0.05, 0.1) is 7.11 Å². The second kappa shape index (κ2) is 7.45. The van der Waals surface area contributed by atoms with E-state index < -0.39 is 49.2 Å². The third-order valence-electron chi connectivity index (χ3n) is 2.41. The molecule has 12 heteroatoms. The Morgan fingerprint density at radius 3 is 1.95 bits per heavy atom. The number of esters is 1. The number of nitrogens with two attached hydrogens (primary N) is 1. The van der Waals surface area contributed by atoms with Crippen molar-refractivity contribution in [2.24, 2.45) is 11.8 Å². The van der Waals surface area contributed by atoms with Crippen molar-refractivity contribution < 1.29 is 40.7 Å². The van der Waals surface area contributed by atoms with Gasteiger partial charge in [0.25, 0.3) is 0 Å². The maximum Gasteiger partial charge on any atom is 0.400 e. The summed E-state index contributed by atoms with van der Waals surface area (Å²) in [5.74, 6) is -1.16. The van der Waals surface area contributed by atoms with Gasteiger partial charge in [-0.3, -0.25) is 15.4 Å². The monoisotopic (exact) mass is 325 g/mol. The zero-order valence-electron chi connectivity index (χ0n) is 10.6. The summed E-state index contributed by atoms with van der Waals surface area (Å²) >= 11 is 0. The molecule has 0 bridgehead atoms. The van der Waals surface area contributed by atoms with E-state index in [0.717, 1.165) is 7.11 Å². The number of hydrogen-bond acceptors (Lipinski definition) is 5. The lowest BCUT2D eigenvalue weighted by Gasteiger charge is -2.26. The Bertz CT molecular complexity index is 357.